The summed E-state index contributed by atoms with van der Waals surface area (Å²) in [4.78, 5) is 41.8. The molecular weight excluding hydrogens is 454 g/mol. The van der Waals surface area contributed by atoms with E-state index in [1.54, 1.807) is 12.3 Å². The fourth-order valence-corrected chi connectivity index (χ4v) is 5.24. The lowest BCUT2D eigenvalue weighted by atomic mass is 9.82. The van der Waals surface area contributed by atoms with Gasteiger partial charge in [0.25, 0.3) is 0 Å². The standard InChI is InChI=1S/C25H23N3O5S/c1-25(22(30)31)13-28(14-25)21(29)10-15-12-34-23(26-15)27-24(32)33-11-20-18-8-4-2-6-16(18)17-7-3-5-9-19(17)20/h2-9,12,20H,10-11,13-14H2,1H3,(H,30,31)(H,26,27,32). The number of hydrogen-bond acceptors (Lipinski definition) is 6. The Bertz CT molecular complexity index is 1240. The molecule has 9 heteroatoms. The Hall–Kier alpha value is -3.72. The second-order valence-electron chi connectivity index (χ2n) is 8.89. The molecular formula is C25H23N3O5S. The number of fused-ring (bicyclic) bond motifs is 3. The van der Waals surface area contributed by atoms with Crippen LogP contribution in [0.4, 0.5) is 9.93 Å². The van der Waals surface area contributed by atoms with Crippen LogP contribution in [0.3, 0.4) is 0 Å². The molecule has 0 radical (unpaired) electrons. The van der Waals surface area contributed by atoms with Gasteiger partial charge in [-0.15, -0.1) is 11.3 Å². The minimum absolute atomic E-state index is 0.0318. The number of nitrogens with zero attached hydrogens (tertiary/aromatic N) is 2. The number of hydrogen-bond donors (Lipinski definition) is 2. The molecule has 1 saturated heterocycles. The summed E-state index contributed by atoms with van der Waals surface area (Å²) in [7, 11) is 0. The number of carbonyl (C=O) groups is 3. The first-order valence-electron chi connectivity index (χ1n) is 10.9. The second kappa shape index (κ2) is 8.57. The van der Waals surface area contributed by atoms with Crippen molar-refractivity contribution in [2.45, 2.75) is 19.3 Å². The van der Waals surface area contributed by atoms with Gasteiger partial charge < -0.3 is 14.7 Å². The Morgan fingerprint density at radius 1 is 1.12 bits per heavy atom. The molecule has 1 fully saturated rings. The third-order valence-electron chi connectivity index (χ3n) is 6.39. The molecule has 2 amide bonds. The highest BCUT2D eigenvalue weighted by molar-refractivity contribution is 7.13. The number of amides is 2. The van der Waals surface area contributed by atoms with E-state index < -0.39 is 17.5 Å². The summed E-state index contributed by atoms with van der Waals surface area (Å²) in [6, 6.07) is 16.2. The average molecular weight is 478 g/mol. The van der Waals surface area contributed by atoms with E-state index in [0.717, 1.165) is 22.3 Å². The molecule has 5 rings (SSSR count). The van der Waals surface area contributed by atoms with Crippen LogP contribution in [-0.4, -0.2) is 52.7 Å². The molecule has 3 aromatic rings. The first kappa shape index (κ1) is 22.1. The fourth-order valence-electron chi connectivity index (χ4n) is 4.54. The van der Waals surface area contributed by atoms with Crippen molar-refractivity contribution in [3.8, 4) is 11.1 Å². The fraction of sp³-hybridized carbons (Fsp3) is 0.280. The molecule has 1 aliphatic heterocycles. The zero-order valence-corrected chi connectivity index (χ0v) is 19.3. The molecule has 0 unspecified atom stereocenters. The third kappa shape index (κ3) is 4.03. The lowest BCUT2D eigenvalue weighted by molar-refractivity contribution is -0.163. The van der Waals surface area contributed by atoms with Gasteiger partial charge in [-0.2, -0.15) is 0 Å². The van der Waals surface area contributed by atoms with Gasteiger partial charge in [0.2, 0.25) is 5.91 Å². The Kier molecular flexibility index (Phi) is 5.57. The highest BCUT2D eigenvalue weighted by Gasteiger charge is 2.47. The smallest absolute Gasteiger partial charge is 0.413 e. The largest absolute Gasteiger partial charge is 0.481 e. The molecule has 8 nitrogen and oxygen atoms in total. The predicted octanol–water partition coefficient (Wildman–Crippen LogP) is 3.98. The summed E-state index contributed by atoms with van der Waals surface area (Å²) in [6.07, 6.45) is -0.549. The molecule has 0 atom stereocenters. The molecule has 2 N–H and O–H groups in total. The average Bonchev–Trinajstić information content (AvgIpc) is 3.37. The van der Waals surface area contributed by atoms with Crippen molar-refractivity contribution in [1.82, 2.24) is 9.88 Å². The highest BCUT2D eigenvalue weighted by Crippen LogP contribution is 2.44. The second-order valence-corrected chi connectivity index (χ2v) is 9.75. The molecule has 2 aliphatic rings. The van der Waals surface area contributed by atoms with Crippen molar-refractivity contribution in [3.63, 3.8) is 0 Å². The molecule has 1 aromatic heterocycles. The zero-order chi connectivity index (χ0) is 23.9. The van der Waals surface area contributed by atoms with E-state index in [4.69, 9.17) is 4.74 Å². The van der Waals surface area contributed by atoms with Crippen molar-refractivity contribution in [1.29, 1.82) is 0 Å². The monoisotopic (exact) mass is 477 g/mol. The van der Waals surface area contributed by atoms with Gasteiger partial charge in [0, 0.05) is 24.4 Å². The van der Waals surface area contributed by atoms with Crippen LogP contribution in [0.25, 0.3) is 11.1 Å². The van der Waals surface area contributed by atoms with Crippen LogP contribution in [-0.2, 0) is 20.7 Å². The first-order chi connectivity index (χ1) is 16.3. The van der Waals surface area contributed by atoms with Gasteiger partial charge in [0.1, 0.15) is 6.61 Å². The number of aromatic nitrogens is 1. The lowest BCUT2D eigenvalue weighted by Crippen LogP contribution is -2.60. The van der Waals surface area contributed by atoms with Crippen LogP contribution in [0.1, 0.15) is 29.7 Å². The van der Waals surface area contributed by atoms with Gasteiger partial charge in [-0.3, -0.25) is 14.9 Å². The van der Waals surface area contributed by atoms with Crippen LogP contribution >= 0.6 is 11.3 Å². The summed E-state index contributed by atoms with van der Waals surface area (Å²) in [5, 5.41) is 13.9. The summed E-state index contributed by atoms with van der Waals surface area (Å²) in [5.74, 6) is -1.12. The SMILES string of the molecule is CC1(C(=O)O)CN(C(=O)Cc2csc(NC(=O)OCC3c4ccccc4-c4ccccc43)n2)C1. The molecule has 0 spiro atoms. The molecule has 2 heterocycles. The van der Waals surface area contributed by atoms with Crippen molar-refractivity contribution in [2.24, 2.45) is 5.41 Å². The number of benzene rings is 2. The van der Waals surface area contributed by atoms with E-state index >= 15 is 0 Å². The minimum Gasteiger partial charge on any atom is -0.481 e. The Labute approximate surface area is 200 Å². The molecule has 2 aromatic carbocycles. The van der Waals surface area contributed by atoms with Gasteiger partial charge in [-0.1, -0.05) is 48.5 Å². The molecule has 174 valence electrons. The number of anilines is 1. The number of carboxylic acids is 1. The van der Waals surface area contributed by atoms with Crippen LogP contribution in [0.2, 0.25) is 0 Å². The Balaban J connectivity index is 1.15. The number of aliphatic carboxylic acids is 1. The van der Waals surface area contributed by atoms with Gasteiger partial charge >= 0.3 is 12.1 Å². The number of thiazole rings is 1. The highest BCUT2D eigenvalue weighted by atomic mass is 32.1. The molecule has 1 aliphatic carbocycles. The topological polar surface area (TPSA) is 109 Å². The molecule has 0 saturated carbocycles. The van der Waals surface area contributed by atoms with E-state index in [2.05, 4.69) is 34.6 Å². The van der Waals surface area contributed by atoms with Crippen LogP contribution in [0, 0.1) is 5.41 Å². The van der Waals surface area contributed by atoms with Crippen LogP contribution in [0.15, 0.2) is 53.9 Å². The van der Waals surface area contributed by atoms with Gasteiger partial charge in [-0.05, 0) is 29.2 Å². The van der Waals surface area contributed by atoms with Gasteiger partial charge in [-0.25, -0.2) is 9.78 Å². The van der Waals surface area contributed by atoms with E-state index in [1.165, 1.54) is 16.2 Å². The quantitative estimate of drug-likeness (QED) is 0.556. The van der Waals surface area contributed by atoms with E-state index in [1.807, 2.05) is 24.3 Å². The van der Waals surface area contributed by atoms with Gasteiger partial charge in [0.15, 0.2) is 5.13 Å². The molecule has 0 bridgehead atoms. The van der Waals surface area contributed by atoms with Crippen LogP contribution in [0.5, 0.6) is 0 Å². The summed E-state index contributed by atoms with van der Waals surface area (Å²) in [5.41, 5.74) is 4.23. The summed E-state index contributed by atoms with van der Waals surface area (Å²) in [6.45, 7) is 2.21. The van der Waals surface area contributed by atoms with Crippen molar-refractivity contribution in [2.75, 3.05) is 25.0 Å². The number of carboxylic acid groups (broad SMARTS) is 1. The maximum absolute atomic E-state index is 12.4. The number of rotatable bonds is 6. The van der Waals surface area contributed by atoms with Crippen molar-refractivity contribution < 1.29 is 24.2 Å². The van der Waals surface area contributed by atoms with E-state index in [0.29, 0.717) is 10.8 Å². The number of carbonyl (C=O) groups excluding carboxylic acids is 2. The Morgan fingerprint density at radius 2 is 1.74 bits per heavy atom. The maximum atomic E-state index is 12.4. The van der Waals surface area contributed by atoms with Crippen LogP contribution < -0.4 is 5.32 Å². The van der Waals surface area contributed by atoms with E-state index in [9.17, 15) is 19.5 Å². The third-order valence-corrected chi connectivity index (χ3v) is 7.19. The maximum Gasteiger partial charge on any atom is 0.413 e. The van der Waals surface area contributed by atoms with Gasteiger partial charge in [0.05, 0.1) is 17.5 Å². The number of likely N-dealkylation sites (tertiary alicyclic amines) is 1. The minimum atomic E-state index is -0.903. The Morgan fingerprint density at radius 3 is 2.35 bits per heavy atom. The first-order valence-corrected chi connectivity index (χ1v) is 11.8. The normalized spacial score (nSPS) is 15.7. The van der Waals surface area contributed by atoms with Crippen molar-refractivity contribution in [3.05, 3.63) is 70.7 Å². The predicted molar refractivity (Wildman–Crippen MR) is 127 cm³/mol. The number of nitrogens with one attached hydrogen (secondary N) is 1. The molecule has 34 heavy (non-hydrogen) atoms. The lowest BCUT2D eigenvalue weighted by Gasteiger charge is -2.44. The van der Waals surface area contributed by atoms with E-state index in [-0.39, 0.29) is 37.9 Å². The number of ether oxygens (including phenoxy) is 1. The summed E-state index contributed by atoms with van der Waals surface area (Å²) < 4.78 is 5.53. The zero-order valence-electron chi connectivity index (χ0n) is 18.5. The van der Waals surface area contributed by atoms with Crippen molar-refractivity contribution >= 4 is 34.4 Å². The summed E-state index contributed by atoms with van der Waals surface area (Å²) >= 11 is 1.21.